The Kier molecular flexibility index (Phi) is 9.72. The molecule has 5 heteroatoms. The molecular formula is C18H36N4O. The maximum absolute atomic E-state index is 12.0. The van der Waals surface area contributed by atoms with Crippen LogP contribution < -0.4 is 16.0 Å². The van der Waals surface area contributed by atoms with E-state index in [0.717, 1.165) is 12.5 Å². The first-order valence-electron chi connectivity index (χ1n) is 9.34. The first-order valence-corrected chi connectivity index (χ1v) is 9.34. The number of nitrogens with one attached hydrogen (secondary N) is 3. The summed E-state index contributed by atoms with van der Waals surface area (Å²) in [6, 6.07) is 0.369. The molecule has 1 atom stereocenters. The summed E-state index contributed by atoms with van der Waals surface area (Å²) in [5, 5.41) is 9.65. The van der Waals surface area contributed by atoms with E-state index in [-0.39, 0.29) is 5.91 Å². The summed E-state index contributed by atoms with van der Waals surface area (Å²) in [6.45, 7) is 10.6. The minimum absolute atomic E-state index is 0.181. The van der Waals surface area contributed by atoms with E-state index >= 15 is 0 Å². The highest BCUT2D eigenvalue weighted by Gasteiger charge is 2.16. The van der Waals surface area contributed by atoms with Crippen LogP contribution >= 0.6 is 0 Å². The van der Waals surface area contributed by atoms with Crippen molar-refractivity contribution in [3.05, 3.63) is 0 Å². The Morgan fingerprint density at radius 3 is 2.43 bits per heavy atom. The van der Waals surface area contributed by atoms with Crippen LogP contribution in [0.5, 0.6) is 0 Å². The van der Waals surface area contributed by atoms with E-state index in [2.05, 4.69) is 48.6 Å². The van der Waals surface area contributed by atoms with Crippen LogP contribution in [-0.2, 0) is 4.79 Å². The van der Waals surface area contributed by atoms with E-state index in [1.807, 2.05) is 0 Å². The molecule has 0 heterocycles. The van der Waals surface area contributed by atoms with Crippen LogP contribution in [0.15, 0.2) is 4.99 Å². The maximum atomic E-state index is 12.0. The second-order valence-electron chi connectivity index (χ2n) is 7.00. The SMILES string of the molecule is CCNC(=NCCNC(=O)CC1CCCCC1)NC(C)C(C)C. The van der Waals surface area contributed by atoms with Gasteiger partial charge in [-0.1, -0.05) is 33.1 Å². The largest absolute Gasteiger partial charge is 0.357 e. The molecule has 0 aromatic heterocycles. The van der Waals surface area contributed by atoms with E-state index in [0.29, 0.717) is 37.4 Å². The van der Waals surface area contributed by atoms with Gasteiger partial charge >= 0.3 is 0 Å². The van der Waals surface area contributed by atoms with Crippen LogP contribution in [0.1, 0.15) is 66.2 Å². The average Bonchev–Trinajstić information content (AvgIpc) is 2.52. The molecule has 1 rings (SSSR count). The number of hydrogen-bond acceptors (Lipinski definition) is 2. The predicted molar refractivity (Wildman–Crippen MR) is 97.6 cm³/mol. The Morgan fingerprint density at radius 1 is 1.13 bits per heavy atom. The zero-order chi connectivity index (χ0) is 17.1. The molecular weight excluding hydrogens is 288 g/mol. The van der Waals surface area contributed by atoms with Crippen LogP contribution in [0.3, 0.4) is 0 Å². The number of carbonyl (C=O) groups is 1. The van der Waals surface area contributed by atoms with Gasteiger partial charge in [-0.3, -0.25) is 9.79 Å². The fourth-order valence-electron chi connectivity index (χ4n) is 2.79. The molecule has 0 radical (unpaired) electrons. The summed E-state index contributed by atoms with van der Waals surface area (Å²) < 4.78 is 0. The van der Waals surface area contributed by atoms with Crippen LogP contribution in [0, 0.1) is 11.8 Å². The van der Waals surface area contributed by atoms with Crippen molar-refractivity contribution >= 4 is 11.9 Å². The Hall–Kier alpha value is -1.26. The molecule has 1 aliphatic rings. The molecule has 1 fully saturated rings. The third-order valence-corrected chi connectivity index (χ3v) is 4.61. The van der Waals surface area contributed by atoms with Crippen molar-refractivity contribution < 1.29 is 4.79 Å². The predicted octanol–water partition coefficient (Wildman–Crippen LogP) is 2.67. The number of carbonyl (C=O) groups excluding carboxylic acids is 1. The van der Waals surface area contributed by atoms with Gasteiger partial charge in [-0.15, -0.1) is 0 Å². The molecule has 1 aliphatic carbocycles. The monoisotopic (exact) mass is 324 g/mol. The summed E-state index contributed by atoms with van der Waals surface area (Å²) in [4.78, 5) is 16.5. The van der Waals surface area contributed by atoms with Crippen molar-refractivity contribution in [1.82, 2.24) is 16.0 Å². The highest BCUT2D eigenvalue weighted by atomic mass is 16.1. The van der Waals surface area contributed by atoms with Crippen molar-refractivity contribution in [2.24, 2.45) is 16.8 Å². The zero-order valence-corrected chi connectivity index (χ0v) is 15.5. The van der Waals surface area contributed by atoms with Gasteiger partial charge < -0.3 is 16.0 Å². The highest BCUT2D eigenvalue weighted by Crippen LogP contribution is 2.25. The van der Waals surface area contributed by atoms with Gasteiger partial charge in [0, 0.05) is 25.6 Å². The zero-order valence-electron chi connectivity index (χ0n) is 15.5. The second kappa shape index (κ2) is 11.3. The maximum Gasteiger partial charge on any atom is 0.220 e. The second-order valence-corrected chi connectivity index (χ2v) is 7.00. The lowest BCUT2D eigenvalue weighted by atomic mass is 9.87. The third-order valence-electron chi connectivity index (χ3n) is 4.61. The number of rotatable bonds is 8. The van der Waals surface area contributed by atoms with E-state index in [9.17, 15) is 4.79 Å². The summed E-state index contributed by atoms with van der Waals surface area (Å²) in [5.74, 6) is 2.16. The lowest BCUT2D eigenvalue weighted by Crippen LogP contribution is -2.44. The van der Waals surface area contributed by atoms with Gasteiger partial charge in [-0.25, -0.2) is 0 Å². The van der Waals surface area contributed by atoms with Gasteiger partial charge in [0.15, 0.2) is 5.96 Å². The van der Waals surface area contributed by atoms with E-state index in [4.69, 9.17) is 0 Å². The number of aliphatic imine (C=N–C) groups is 1. The van der Waals surface area contributed by atoms with E-state index < -0.39 is 0 Å². The fraction of sp³-hybridized carbons (Fsp3) is 0.889. The third kappa shape index (κ3) is 8.82. The molecule has 0 spiro atoms. The fourth-order valence-corrected chi connectivity index (χ4v) is 2.79. The molecule has 0 aliphatic heterocycles. The Labute approximate surface area is 142 Å². The van der Waals surface area contributed by atoms with E-state index in [1.165, 1.54) is 32.1 Å². The number of guanidine groups is 1. The summed E-state index contributed by atoms with van der Waals surface area (Å²) >= 11 is 0. The van der Waals surface area contributed by atoms with Crippen LogP contribution in [0.4, 0.5) is 0 Å². The molecule has 0 aromatic carbocycles. The van der Waals surface area contributed by atoms with Gasteiger partial charge in [0.1, 0.15) is 0 Å². The summed E-state index contributed by atoms with van der Waals surface area (Å²) in [5.41, 5.74) is 0. The van der Waals surface area contributed by atoms with Crippen LogP contribution in [-0.4, -0.2) is 37.5 Å². The van der Waals surface area contributed by atoms with Gasteiger partial charge in [-0.2, -0.15) is 0 Å². The minimum atomic E-state index is 0.181. The first-order chi connectivity index (χ1) is 11.0. The molecule has 1 saturated carbocycles. The molecule has 3 N–H and O–H groups in total. The number of hydrogen-bond donors (Lipinski definition) is 3. The molecule has 0 saturated heterocycles. The molecule has 134 valence electrons. The van der Waals surface area contributed by atoms with Gasteiger partial charge in [0.2, 0.25) is 5.91 Å². The van der Waals surface area contributed by atoms with Crippen molar-refractivity contribution in [3.63, 3.8) is 0 Å². The van der Waals surface area contributed by atoms with Gasteiger partial charge in [0.05, 0.1) is 6.54 Å². The molecule has 0 bridgehead atoms. The van der Waals surface area contributed by atoms with Gasteiger partial charge in [0.25, 0.3) is 0 Å². The smallest absolute Gasteiger partial charge is 0.220 e. The minimum Gasteiger partial charge on any atom is -0.357 e. The lowest BCUT2D eigenvalue weighted by molar-refractivity contribution is -0.122. The lowest BCUT2D eigenvalue weighted by Gasteiger charge is -2.21. The summed E-state index contributed by atoms with van der Waals surface area (Å²) in [7, 11) is 0. The highest BCUT2D eigenvalue weighted by molar-refractivity contribution is 5.80. The molecule has 23 heavy (non-hydrogen) atoms. The first kappa shape index (κ1) is 19.8. The van der Waals surface area contributed by atoms with Crippen molar-refractivity contribution in [2.75, 3.05) is 19.6 Å². The molecule has 1 amide bonds. The van der Waals surface area contributed by atoms with Crippen molar-refractivity contribution in [3.8, 4) is 0 Å². The normalized spacial score (nSPS) is 17.9. The van der Waals surface area contributed by atoms with Crippen molar-refractivity contribution in [1.29, 1.82) is 0 Å². The Bertz CT molecular complexity index is 362. The quantitative estimate of drug-likeness (QED) is 0.365. The van der Waals surface area contributed by atoms with Crippen LogP contribution in [0.25, 0.3) is 0 Å². The number of amides is 1. The Morgan fingerprint density at radius 2 is 1.83 bits per heavy atom. The molecule has 1 unspecified atom stereocenters. The standard InChI is InChI=1S/C18H36N4O/c1-5-19-18(22-15(4)14(2)3)21-12-11-20-17(23)13-16-9-7-6-8-10-16/h14-16H,5-13H2,1-4H3,(H,20,23)(H2,19,21,22). The van der Waals surface area contributed by atoms with E-state index in [1.54, 1.807) is 0 Å². The molecule has 5 nitrogen and oxygen atoms in total. The Balaban J connectivity index is 2.26. The van der Waals surface area contributed by atoms with Crippen LogP contribution in [0.2, 0.25) is 0 Å². The van der Waals surface area contributed by atoms with Gasteiger partial charge in [-0.05, 0) is 38.5 Å². The molecule has 0 aromatic rings. The topological polar surface area (TPSA) is 65.5 Å². The summed E-state index contributed by atoms with van der Waals surface area (Å²) in [6.07, 6.45) is 7.02. The average molecular weight is 325 g/mol. The number of nitrogens with zero attached hydrogens (tertiary/aromatic N) is 1. The van der Waals surface area contributed by atoms with Crippen molar-refractivity contribution in [2.45, 2.75) is 72.3 Å².